The quantitative estimate of drug-likeness (QED) is 0.500. The fourth-order valence-electron chi connectivity index (χ4n) is 5.06. The van der Waals surface area contributed by atoms with Crippen LogP contribution in [-0.2, 0) is 22.7 Å². The molecule has 4 nitrogen and oxygen atoms in total. The van der Waals surface area contributed by atoms with E-state index in [1.54, 1.807) is 0 Å². The minimum atomic E-state index is 0.0610. The van der Waals surface area contributed by atoms with Crippen molar-refractivity contribution in [3.05, 3.63) is 64.0 Å². The molecule has 0 bridgehead atoms. The summed E-state index contributed by atoms with van der Waals surface area (Å²) in [6.07, 6.45) is 7.18. The molecule has 0 radical (unpaired) electrons. The van der Waals surface area contributed by atoms with E-state index in [9.17, 15) is 0 Å². The maximum absolute atomic E-state index is 7.49. The molecular weight excluding hydrogens is 368 g/mol. The highest BCUT2D eigenvalue weighted by molar-refractivity contribution is 5.79. The van der Waals surface area contributed by atoms with Gasteiger partial charge in [0.15, 0.2) is 0 Å². The van der Waals surface area contributed by atoms with Crippen molar-refractivity contribution >= 4 is 5.84 Å². The third kappa shape index (κ3) is 3.90. The van der Waals surface area contributed by atoms with Crippen LogP contribution < -0.4 is 11.5 Å². The second kappa shape index (κ2) is 7.81. The fourth-order valence-corrected chi connectivity index (χ4v) is 5.06. The SMILES string of the molecule is CN.Cc1cc2c(cc1C1(c3ccc(CC(=N)N)cn3)CC1)C(C)(C)CCC2(C)C. The monoisotopic (exact) mass is 406 g/mol. The second-order valence-electron chi connectivity index (χ2n) is 10.3. The van der Waals surface area contributed by atoms with Crippen molar-refractivity contribution in [2.75, 3.05) is 7.05 Å². The molecule has 1 saturated carbocycles. The lowest BCUT2D eigenvalue weighted by Crippen LogP contribution is -2.34. The summed E-state index contributed by atoms with van der Waals surface area (Å²) in [6.45, 7) is 11.9. The number of amidine groups is 1. The summed E-state index contributed by atoms with van der Waals surface area (Å²) in [7, 11) is 1.50. The van der Waals surface area contributed by atoms with Crippen LogP contribution in [0.2, 0.25) is 0 Å². The molecule has 0 atom stereocenters. The van der Waals surface area contributed by atoms with Crippen LogP contribution in [0.3, 0.4) is 0 Å². The van der Waals surface area contributed by atoms with Crippen LogP contribution in [0.15, 0.2) is 30.5 Å². The molecule has 2 aliphatic rings. The largest absolute Gasteiger partial charge is 0.387 e. The van der Waals surface area contributed by atoms with E-state index in [-0.39, 0.29) is 22.1 Å². The summed E-state index contributed by atoms with van der Waals surface area (Å²) in [5.41, 5.74) is 18.7. The Balaban J connectivity index is 0.00000124. The van der Waals surface area contributed by atoms with Crippen molar-refractivity contribution in [3.63, 3.8) is 0 Å². The summed E-state index contributed by atoms with van der Waals surface area (Å²) in [5.74, 6) is 0.186. The van der Waals surface area contributed by atoms with Gasteiger partial charge in [0.2, 0.25) is 0 Å². The van der Waals surface area contributed by atoms with Crippen LogP contribution in [0.4, 0.5) is 0 Å². The van der Waals surface area contributed by atoms with Gasteiger partial charge in [-0.05, 0) is 84.4 Å². The molecular formula is C26H38N4. The Hall–Kier alpha value is -2.20. The molecule has 0 amide bonds. The van der Waals surface area contributed by atoms with Gasteiger partial charge in [-0.2, -0.15) is 0 Å². The van der Waals surface area contributed by atoms with Gasteiger partial charge in [0.1, 0.15) is 0 Å². The number of hydrogen-bond acceptors (Lipinski definition) is 3. The number of nitrogens with two attached hydrogens (primary N) is 2. The maximum Gasteiger partial charge on any atom is 0.0950 e. The number of pyridine rings is 1. The van der Waals surface area contributed by atoms with Crippen LogP contribution in [0, 0.1) is 12.3 Å². The molecule has 0 aliphatic heterocycles. The Bertz CT molecular complexity index is 934. The lowest BCUT2D eigenvalue weighted by atomic mass is 9.62. The molecule has 4 heteroatoms. The zero-order valence-corrected chi connectivity index (χ0v) is 19.5. The van der Waals surface area contributed by atoms with E-state index in [2.05, 4.69) is 64.6 Å². The smallest absolute Gasteiger partial charge is 0.0950 e. The summed E-state index contributed by atoms with van der Waals surface area (Å²) in [6, 6.07) is 9.23. The van der Waals surface area contributed by atoms with Crippen molar-refractivity contribution in [2.24, 2.45) is 11.5 Å². The zero-order chi connectivity index (χ0) is 22.3. The van der Waals surface area contributed by atoms with Crippen LogP contribution in [-0.4, -0.2) is 17.9 Å². The Kier molecular flexibility index (Phi) is 5.85. The first-order valence-electron chi connectivity index (χ1n) is 11.1. The van der Waals surface area contributed by atoms with E-state index in [1.165, 1.54) is 42.1 Å². The first kappa shape index (κ1) is 22.5. The first-order valence-corrected chi connectivity index (χ1v) is 11.1. The highest BCUT2D eigenvalue weighted by atomic mass is 14.7. The zero-order valence-electron chi connectivity index (χ0n) is 19.5. The number of aryl methyl sites for hydroxylation is 1. The molecule has 4 rings (SSSR count). The number of rotatable bonds is 4. The molecule has 162 valence electrons. The number of benzene rings is 1. The van der Waals surface area contributed by atoms with Crippen LogP contribution in [0.25, 0.3) is 0 Å². The first-order chi connectivity index (χ1) is 14.1. The molecule has 2 aromatic rings. The molecule has 0 saturated heterocycles. The van der Waals surface area contributed by atoms with Gasteiger partial charge in [0.25, 0.3) is 0 Å². The normalized spacial score (nSPS) is 19.8. The molecule has 5 N–H and O–H groups in total. The van der Waals surface area contributed by atoms with E-state index in [1.807, 2.05) is 6.20 Å². The van der Waals surface area contributed by atoms with Gasteiger partial charge in [-0.1, -0.05) is 45.9 Å². The molecule has 0 spiro atoms. The minimum absolute atomic E-state index is 0.0610. The maximum atomic E-state index is 7.49. The number of fused-ring (bicyclic) bond motifs is 1. The third-order valence-corrected chi connectivity index (χ3v) is 7.17. The number of aromatic nitrogens is 1. The van der Waals surface area contributed by atoms with Crippen molar-refractivity contribution in [2.45, 2.75) is 83.0 Å². The Morgan fingerprint density at radius 1 is 0.933 bits per heavy atom. The van der Waals surface area contributed by atoms with E-state index >= 15 is 0 Å². The van der Waals surface area contributed by atoms with Gasteiger partial charge in [-0.25, -0.2) is 0 Å². The Morgan fingerprint density at radius 2 is 1.50 bits per heavy atom. The summed E-state index contributed by atoms with van der Waals surface area (Å²) in [4.78, 5) is 4.81. The summed E-state index contributed by atoms with van der Waals surface area (Å²) < 4.78 is 0. The van der Waals surface area contributed by atoms with Gasteiger partial charge in [0.05, 0.1) is 11.5 Å². The molecule has 30 heavy (non-hydrogen) atoms. The number of hydrogen-bond donors (Lipinski definition) is 3. The van der Waals surface area contributed by atoms with Gasteiger partial charge in [-0.3, -0.25) is 10.4 Å². The fraction of sp³-hybridized carbons (Fsp3) is 0.538. The Labute approximate surface area is 182 Å². The van der Waals surface area contributed by atoms with Gasteiger partial charge in [0, 0.05) is 18.0 Å². The predicted octanol–water partition coefficient (Wildman–Crippen LogP) is 4.87. The highest BCUT2D eigenvalue weighted by Gasteiger charge is 2.49. The molecule has 1 aromatic carbocycles. The summed E-state index contributed by atoms with van der Waals surface area (Å²) in [5, 5.41) is 7.49. The van der Waals surface area contributed by atoms with E-state index in [0.29, 0.717) is 6.42 Å². The average molecular weight is 407 g/mol. The second-order valence-corrected chi connectivity index (χ2v) is 10.3. The molecule has 0 unspecified atom stereocenters. The van der Waals surface area contributed by atoms with Crippen molar-refractivity contribution in [1.82, 2.24) is 4.98 Å². The summed E-state index contributed by atoms with van der Waals surface area (Å²) >= 11 is 0. The molecule has 1 heterocycles. The van der Waals surface area contributed by atoms with Crippen molar-refractivity contribution < 1.29 is 0 Å². The third-order valence-electron chi connectivity index (χ3n) is 7.17. The van der Waals surface area contributed by atoms with E-state index in [0.717, 1.165) is 24.1 Å². The van der Waals surface area contributed by atoms with Gasteiger partial charge in [-0.15, -0.1) is 0 Å². The predicted molar refractivity (Wildman–Crippen MR) is 126 cm³/mol. The lowest BCUT2D eigenvalue weighted by molar-refractivity contribution is 0.331. The van der Waals surface area contributed by atoms with E-state index in [4.69, 9.17) is 16.1 Å². The standard InChI is InChI=1S/C25H33N3.CH5N/c1-16-12-19-20(24(4,5)9-8-23(19,2)3)14-18(16)25(10-11-25)21-7-6-17(15-28-21)13-22(26)27;1-2/h6-7,12,14-15H,8-11,13H2,1-5H3,(H3,26,27);2H2,1H3. The van der Waals surface area contributed by atoms with Crippen LogP contribution in [0.5, 0.6) is 0 Å². The van der Waals surface area contributed by atoms with Crippen molar-refractivity contribution in [3.8, 4) is 0 Å². The van der Waals surface area contributed by atoms with Crippen LogP contribution in [0.1, 0.15) is 86.9 Å². The molecule has 1 aromatic heterocycles. The number of nitrogens with one attached hydrogen (secondary N) is 1. The topological polar surface area (TPSA) is 88.8 Å². The van der Waals surface area contributed by atoms with E-state index < -0.39 is 0 Å². The average Bonchev–Trinajstić information content (AvgIpc) is 3.49. The van der Waals surface area contributed by atoms with Crippen LogP contribution >= 0.6 is 0 Å². The van der Waals surface area contributed by atoms with Crippen molar-refractivity contribution in [1.29, 1.82) is 5.41 Å². The lowest BCUT2D eigenvalue weighted by Gasteiger charge is -2.43. The minimum Gasteiger partial charge on any atom is -0.387 e. The molecule has 1 fully saturated rings. The van der Waals surface area contributed by atoms with Gasteiger partial charge >= 0.3 is 0 Å². The van der Waals surface area contributed by atoms with Gasteiger partial charge < -0.3 is 11.5 Å². The number of nitrogens with zero attached hydrogens (tertiary/aromatic N) is 1. The molecule has 2 aliphatic carbocycles. The Morgan fingerprint density at radius 3 is 1.97 bits per heavy atom. The highest BCUT2D eigenvalue weighted by Crippen LogP contribution is 2.56.